The Morgan fingerprint density at radius 2 is 1.02 bits per heavy atom. The van der Waals surface area contributed by atoms with E-state index in [0.717, 1.165) is 11.5 Å². The second-order valence-electron chi connectivity index (χ2n) is 13.1. The molecule has 5 rings (SSSR count). The second kappa shape index (κ2) is 12.2. The van der Waals surface area contributed by atoms with E-state index in [1.165, 1.54) is 33.4 Å². The molecule has 0 saturated heterocycles. The number of pyridine rings is 1. The Morgan fingerprint density at radius 1 is 0.524 bits per heavy atom. The van der Waals surface area contributed by atoms with Gasteiger partial charge < -0.3 is 10.6 Å². The molecule has 5 aromatic rings. The van der Waals surface area contributed by atoms with Crippen LogP contribution in [0.4, 0.5) is 11.5 Å². The molecule has 3 heteroatoms. The van der Waals surface area contributed by atoms with Crippen LogP contribution in [0.15, 0.2) is 128 Å². The average molecular weight is 554 g/mol. The molecule has 0 aliphatic rings. The monoisotopic (exact) mass is 553 g/mol. The predicted molar refractivity (Wildman–Crippen MR) is 179 cm³/mol. The largest absolute Gasteiger partial charge is 0.375 e. The second-order valence-corrected chi connectivity index (χ2v) is 13.1. The number of aromatic nitrogens is 1. The number of para-hydroxylation sites is 1. The van der Waals surface area contributed by atoms with E-state index >= 15 is 0 Å². The minimum atomic E-state index is -0.0809. The fourth-order valence-electron chi connectivity index (χ4n) is 5.32. The van der Waals surface area contributed by atoms with Crippen molar-refractivity contribution in [3.05, 3.63) is 150 Å². The first-order valence-corrected chi connectivity index (χ1v) is 14.9. The summed E-state index contributed by atoms with van der Waals surface area (Å²) in [6.45, 7) is 13.8. The van der Waals surface area contributed by atoms with E-state index in [1.54, 1.807) is 0 Å². The summed E-state index contributed by atoms with van der Waals surface area (Å²) in [4.78, 5) is 4.62. The number of nitrogens with zero attached hydrogens (tertiary/aromatic N) is 1. The summed E-state index contributed by atoms with van der Waals surface area (Å²) in [6.07, 6.45) is 1.83. The third-order valence-corrected chi connectivity index (χ3v) is 7.83. The lowest BCUT2D eigenvalue weighted by molar-refractivity contribution is 0.569. The molecule has 3 nitrogen and oxygen atoms in total. The maximum absolute atomic E-state index is 4.62. The molecule has 0 radical (unpaired) electrons. The van der Waals surface area contributed by atoms with Crippen LogP contribution in [0.2, 0.25) is 0 Å². The Bertz CT molecular complexity index is 1550. The van der Waals surface area contributed by atoms with Gasteiger partial charge in [-0.2, -0.15) is 0 Å². The van der Waals surface area contributed by atoms with Crippen molar-refractivity contribution in [2.24, 2.45) is 0 Å². The molecule has 2 atom stereocenters. The molecule has 1 heterocycles. The van der Waals surface area contributed by atoms with Gasteiger partial charge in [0.1, 0.15) is 5.82 Å². The summed E-state index contributed by atoms with van der Waals surface area (Å²) >= 11 is 0. The molecule has 42 heavy (non-hydrogen) atoms. The van der Waals surface area contributed by atoms with Gasteiger partial charge in [0.05, 0.1) is 12.1 Å². The Hall–Kier alpha value is -4.37. The van der Waals surface area contributed by atoms with Crippen LogP contribution in [0.3, 0.4) is 0 Å². The van der Waals surface area contributed by atoms with E-state index in [9.17, 15) is 0 Å². The summed E-state index contributed by atoms with van der Waals surface area (Å²) < 4.78 is 0. The Kier molecular flexibility index (Phi) is 8.49. The van der Waals surface area contributed by atoms with E-state index in [1.807, 2.05) is 24.4 Å². The molecule has 0 spiro atoms. The third-order valence-electron chi connectivity index (χ3n) is 7.83. The zero-order valence-electron chi connectivity index (χ0n) is 25.7. The van der Waals surface area contributed by atoms with Crippen LogP contribution in [0.1, 0.15) is 75.9 Å². The van der Waals surface area contributed by atoms with E-state index in [4.69, 9.17) is 0 Å². The van der Waals surface area contributed by atoms with Crippen LogP contribution < -0.4 is 10.6 Å². The van der Waals surface area contributed by atoms with Crippen LogP contribution >= 0.6 is 0 Å². The lowest BCUT2D eigenvalue weighted by atomic mass is 9.78. The lowest BCUT2D eigenvalue weighted by Crippen LogP contribution is -2.26. The number of nitrogens with one attached hydrogen (secondary N) is 2. The molecule has 0 aliphatic heterocycles. The fourth-order valence-corrected chi connectivity index (χ4v) is 5.32. The smallest absolute Gasteiger partial charge is 0.126 e. The maximum Gasteiger partial charge on any atom is 0.126 e. The highest BCUT2D eigenvalue weighted by Gasteiger charge is 2.27. The van der Waals surface area contributed by atoms with Gasteiger partial charge in [-0.05, 0) is 56.8 Å². The van der Waals surface area contributed by atoms with Gasteiger partial charge in [-0.15, -0.1) is 0 Å². The summed E-state index contributed by atoms with van der Waals surface area (Å²) in [7, 11) is 0. The molecule has 4 aromatic carbocycles. The number of rotatable bonds is 8. The molecule has 0 bridgehead atoms. The van der Waals surface area contributed by atoms with E-state index in [0.29, 0.717) is 0 Å². The van der Waals surface area contributed by atoms with Crippen LogP contribution in [-0.4, -0.2) is 4.98 Å². The maximum atomic E-state index is 4.62. The predicted octanol–water partition coefficient (Wildman–Crippen LogP) is 10.4. The average Bonchev–Trinajstić information content (AvgIpc) is 2.99. The molecule has 2 N–H and O–H groups in total. The zero-order valence-corrected chi connectivity index (χ0v) is 25.7. The van der Waals surface area contributed by atoms with Gasteiger partial charge in [0.25, 0.3) is 0 Å². The van der Waals surface area contributed by atoms with Crippen molar-refractivity contribution >= 4 is 11.5 Å². The van der Waals surface area contributed by atoms with Crippen molar-refractivity contribution in [2.45, 2.75) is 64.5 Å². The number of benzene rings is 4. The summed E-state index contributed by atoms with van der Waals surface area (Å²) in [5.74, 6) is 0.843. The fraction of sp³-hybridized carbons (Fsp3) is 0.256. The van der Waals surface area contributed by atoms with Crippen molar-refractivity contribution in [2.75, 3.05) is 10.6 Å². The molecule has 0 amide bonds. The first-order chi connectivity index (χ1) is 20.1. The molecular weight excluding hydrogens is 510 g/mol. The van der Waals surface area contributed by atoms with E-state index in [-0.39, 0.29) is 22.9 Å². The van der Waals surface area contributed by atoms with Crippen LogP contribution in [0, 0.1) is 0 Å². The van der Waals surface area contributed by atoms with Gasteiger partial charge in [-0.25, -0.2) is 4.98 Å². The minimum absolute atomic E-state index is 0.0377. The molecule has 214 valence electrons. The van der Waals surface area contributed by atoms with Gasteiger partial charge in [-0.3, -0.25) is 0 Å². The number of anilines is 2. The molecule has 0 unspecified atom stereocenters. The van der Waals surface area contributed by atoms with Crippen LogP contribution in [-0.2, 0) is 10.8 Å². The first-order valence-electron chi connectivity index (χ1n) is 14.9. The van der Waals surface area contributed by atoms with E-state index < -0.39 is 0 Å². The van der Waals surface area contributed by atoms with Crippen molar-refractivity contribution in [1.82, 2.24) is 4.98 Å². The molecular formula is C39H43N3. The topological polar surface area (TPSA) is 37.0 Å². The Morgan fingerprint density at radius 3 is 1.55 bits per heavy atom. The van der Waals surface area contributed by atoms with Crippen molar-refractivity contribution in [3.8, 4) is 11.1 Å². The molecule has 1 aromatic heterocycles. The van der Waals surface area contributed by atoms with Gasteiger partial charge in [0, 0.05) is 17.4 Å². The standard InChI is InChI=1S/C39H43N3/c1-38(2,3)31-25-30(26-32(27-31)39(4,5)6)33-21-13-14-22-34(33)41-36(28-17-9-7-10-18-28)37(29-19-11-8-12-20-29)42-35-23-15-16-24-40-35/h7-27,36-37,41H,1-6H3,(H,40,42)/t36-,37-/m0/s1. The first kappa shape index (κ1) is 29.1. The highest BCUT2D eigenvalue weighted by atomic mass is 15.1. The highest BCUT2D eigenvalue weighted by Crippen LogP contribution is 2.40. The molecule has 0 aliphatic carbocycles. The number of hydrogen-bond acceptors (Lipinski definition) is 3. The summed E-state index contributed by atoms with van der Waals surface area (Å²) in [5.41, 5.74) is 8.68. The summed E-state index contributed by atoms with van der Waals surface area (Å²) in [5, 5.41) is 7.77. The number of hydrogen-bond donors (Lipinski definition) is 2. The highest BCUT2D eigenvalue weighted by molar-refractivity contribution is 5.79. The lowest BCUT2D eigenvalue weighted by Gasteiger charge is -2.32. The van der Waals surface area contributed by atoms with Gasteiger partial charge in [0.15, 0.2) is 0 Å². The van der Waals surface area contributed by atoms with Gasteiger partial charge in [0.2, 0.25) is 0 Å². The SMILES string of the molecule is CC(C)(C)c1cc(-c2ccccc2N[C@@H](c2ccccc2)[C@@H](Nc2ccccn2)c2ccccc2)cc(C(C)(C)C)c1. The Balaban J connectivity index is 1.64. The zero-order chi connectivity index (χ0) is 29.7. The normalized spacial score (nSPS) is 13.3. The quantitative estimate of drug-likeness (QED) is 0.201. The van der Waals surface area contributed by atoms with E-state index in [2.05, 4.69) is 160 Å². The van der Waals surface area contributed by atoms with Crippen molar-refractivity contribution in [3.63, 3.8) is 0 Å². The van der Waals surface area contributed by atoms with Crippen LogP contribution in [0.5, 0.6) is 0 Å². The third kappa shape index (κ3) is 6.91. The van der Waals surface area contributed by atoms with Gasteiger partial charge in [-0.1, -0.05) is 145 Å². The Labute approximate surface area is 252 Å². The van der Waals surface area contributed by atoms with Crippen molar-refractivity contribution in [1.29, 1.82) is 0 Å². The minimum Gasteiger partial charge on any atom is -0.375 e. The molecule has 0 fully saturated rings. The molecule has 0 saturated carbocycles. The van der Waals surface area contributed by atoms with Gasteiger partial charge >= 0.3 is 0 Å². The van der Waals surface area contributed by atoms with Crippen LogP contribution in [0.25, 0.3) is 11.1 Å². The summed E-state index contributed by atoms with van der Waals surface area (Å²) in [6, 6.07) is 43.0. The van der Waals surface area contributed by atoms with Crippen molar-refractivity contribution < 1.29 is 0 Å².